The lowest BCUT2D eigenvalue weighted by Crippen LogP contribution is -2.15. The normalized spacial score (nSPS) is 10.5. The Morgan fingerprint density at radius 1 is 1.08 bits per heavy atom. The fourth-order valence-electron chi connectivity index (χ4n) is 2.26. The van der Waals surface area contributed by atoms with Gasteiger partial charge in [-0.05, 0) is 43.3 Å². The molecule has 2 aromatic carbocycles. The summed E-state index contributed by atoms with van der Waals surface area (Å²) in [5.74, 6) is -0.145. The average Bonchev–Trinajstić information content (AvgIpc) is 3.10. The zero-order valence-corrected chi connectivity index (χ0v) is 13.7. The van der Waals surface area contributed by atoms with Crippen LogP contribution >= 0.6 is 0 Å². The second-order valence-electron chi connectivity index (χ2n) is 5.42. The number of hydrogen-bond donors (Lipinski definition) is 0. The van der Waals surface area contributed by atoms with Gasteiger partial charge in [-0.15, -0.1) is 0 Å². The van der Waals surface area contributed by atoms with Gasteiger partial charge in [0.1, 0.15) is 24.8 Å². The summed E-state index contributed by atoms with van der Waals surface area (Å²) >= 11 is 0. The quantitative estimate of drug-likeness (QED) is 0.509. The summed E-state index contributed by atoms with van der Waals surface area (Å²) < 4.78 is 25.3. The fraction of sp³-hybridized carbons (Fsp3) is 0.158. The van der Waals surface area contributed by atoms with Crippen LogP contribution in [0.4, 0.5) is 4.39 Å². The van der Waals surface area contributed by atoms with Crippen molar-refractivity contribution in [2.75, 3.05) is 13.2 Å². The molecule has 25 heavy (non-hydrogen) atoms. The summed E-state index contributed by atoms with van der Waals surface area (Å²) in [6, 6.07) is 13.4. The highest BCUT2D eigenvalue weighted by Crippen LogP contribution is 2.14. The van der Waals surface area contributed by atoms with Gasteiger partial charge in [0.05, 0.1) is 12.5 Å². The molecular weight excluding hydrogens is 323 g/mol. The van der Waals surface area contributed by atoms with E-state index in [0.29, 0.717) is 5.69 Å². The third-order valence-electron chi connectivity index (χ3n) is 3.56. The Labute approximate surface area is 144 Å². The zero-order chi connectivity index (χ0) is 17.6. The van der Waals surface area contributed by atoms with Gasteiger partial charge >= 0.3 is 5.97 Å². The van der Waals surface area contributed by atoms with Crippen molar-refractivity contribution in [3.63, 3.8) is 0 Å². The molecule has 0 spiro atoms. The lowest BCUT2D eigenvalue weighted by molar-refractivity contribution is 0.0441. The molecule has 0 atom stereocenters. The molecule has 5 nitrogen and oxygen atoms in total. The Balaban J connectivity index is 1.56. The maximum atomic E-state index is 13.0. The summed E-state index contributed by atoms with van der Waals surface area (Å²) in [6.07, 6.45) is 2.89. The predicted octanol–water partition coefficient (Wildman–Crippen LogP) is 3.56. The minimum atomic E-state index is -0.519. The van der Waals surface area contributed by atoms with Crippen molar-refractivity contribution in [1.82, 2.24) is 9.55 Å². The van der Waals surface area contributed by atoms with E-state index in [1.165, 1.54) is 24.7 Å². The van der Waals surface area contributed by atoms with Gasteiger partial charge in [-0.2, -0.15) is 0 Å². The molecule has 6 heteroatoms. The van der Waals surface area contributed by atoms with Gasteiger partial charge in [0, 0.05) is 5.69 Å². The Bertz CT molecular complexity index is 842. The second-order valence-corrected chi connectivity index (χ2v) is 5.42. The molecule has 0 aliphatic rings. The minimum Gasteiger partial charge on any atom is -0.490 e. The van der Waals surface area contributed by atoms with Crippen molar-refractivity contribution in [3.8, 4) is 11.4 Å². The van der Waals surface area contributed by atoms with Crippen LogP contribution in [-0.2, 0) is 4.74 Å². The third-order valence-corrected chi connectivity index (χ3v) is 3.56. The molecule has 0 unspecified atom stereocenters. The number of carbonyl (C=O) groups is 1. The molecule has 128 valence electrons. The standard InChI is InChI=1S/C19H17FN2O3/c1-14-2-8-17(9-3-14)24-10-11-25-19(23)18-12-21-13-22(18)16-6-4-15(20)5-7-16/h2-9,12-13H,10-11H2,1H3. The van der Waals surface area contributed by atoms with E-state index in [-0.39, 0.29) is 24.7 Å². The highest BCUT2D eigenvalue weighted by atomic mass is 19.1. The van der Waals surface area contributed by atoms with Gasteiger partial charge in [0.2, 0.25) is 0 Å². The van der Waals surface area contributed by atoms with Gasteiger partial charge in [0.25, 0.3) is 0 Å². The first-order valence-corrected chi connectivity index (χ1v) is 7.78. The average molecular weight is 340 g/mol. The molecular formula is C19H17FN2O3. The van der Waals surface area contributed by atoms with Crippen molar-refractivity contribution < 1.29 is 18.7 Å². The number of nitrogens with zero attached hydrogens (tertiary/aromatic N) is 2. The van der Waals surface area contributed by atoms with Crippen LogP contribution in [0.15, 0.2) is 61.1 Å². The molecule has 0 saturated carbocycles. The van der Waals surface area contributed by atoms with E-state index >= 15 is 0 Å². The van der Waals surface area contributed by atoms with Crippen LogP contribution in [0.5, 0.6) is 5.75 Å². The first kappa shape index (κ1) is 16.7. The van der Waals surface area contributed by atoms with Crippen LogP contribution in [-0.4, -0.2) is 28.7 Å². The molecule has 0 aliphatic carbocycles. The summed E-state index contributed by atoms with van der Waals surface area (Å²) in [4.78, 5) is 16.2. The summed E-state index contributed by atoms with van der Waals surface area (Å²) in [5, 5.41) is 0. The Hall–Kier alpha value is -3.15. The number of benzene rings is 2. The van der Waals surface area contributed by atoms with E-state index in [1.54, 1.807) is 16.7 Å². The molecule has 0 saturated heterocycles. The molecule has 1 heterocycles. The highest BCUT2D eigenvalue weighted by Gasteiger charge is 2.14. The monoisotopic (exact) mass is 340 g/mol. The van der Waals surface area contributed by atoms with Crippen molar-refractivity contribution in [2.24, 2.45) is 0 Å². The van der Waals surface area contributed by atoms with Gasteiger partial charge in [-0.25, -0.2) is 14.2 Å². The largest absolute Gasteiger partial charge is 0.490 e. The summed E-state index contributed by atoms with van der Waals surface area (Å²) in [7, 11) is 0. The van der Waals surface area contributed by atoms with Crippen LogP contribution in [0, 0.1) is 12.7 Å². The number of aromatic nitrogens is 2. The Morgan fingerprint density at radius 2 is 1.80 bits per heavy atom. The van der Waals surface area contributed by atoms with Gasteiger partial charge in [-0.1, -0.05) is 17.7 Å². The van der Waals surface area contributed by atoms with Crippen molar-refractivity contribution in [2.45, 2.75) is 6.92 Å². The van der Waals surface area contributed by atoms with E-state index in [0.717, 1.165) is 11.3 Å². The lowest BCUT2D eigenvalue weighted by Gasteiger charge is -2.09. The number of carbonyl (C=O) groups excluding carboxylic acids is 1. The van der Waals surface area contributed by atoms with Crippen molar-refractivity contribution >= 4 is 5.97 Å². The maximum Gasteiger partial charge on any atom is 0.357 e. The molecule has 0 N–H and O–H groups in total. The van der Waals surface area contributed by atoms with Crippen LogP contribution in [0.25, 0.3) is 5.69 Å². The molecule has 0 bridgehead atoms. The van der Waals surface area contributed by atoms with Crippen LogP contribution in [0.3, 0.4) is 0 Å². The van der Waals surface area contributed by atoms with E-state index in [1.807, 2.05) is 31.2 Å². The smallest absolute Gasteiger partial charge is 0.357 e. The number of ether oxygens (including phenoxy) is 2. The summed E-state index contributed by atoms with van der Waals surface area (Å²) in [5.41, 5.74) is 2.04. The highest BCUT2D eigenvalue weighted by molar-refractivity contribution is 5.88. The van der Waals surface area contributed by atoms with E-state index < -0.39 is 5.97 Å². The predicted molar refractivity (Wildman–Crippen MR) is 90.5 cm³/mol. The van der Waals surface area contributed by atoms with Crippen molar-refractivity contribution in [1.29, 1.82) is 0 Å². The number of aryl methyl sites for hydroxylation is 1. The topological polar surface area (TPSA) is 53.4 Å². The fourth-order valence-corrected chi connectivity index (χ4v) is 2.26. The number of hydrogen-bond acceptors (Lipinski definition) is 4. The summed E-state index contributed by atoms with van der Waals surface area (Å²) in [6.45, 7) is 2.36. The number of rotatable bonds is 6. The first-order chi connectivity index (χ1) is 12.1. The molecule has 3 aromatic rings. The molecule has 1 aromatic heterocycles. The first-order valence-electron chi connectivity index (χ1n) is 7.78. The zero-order valence-electron chi connectivity index (χ0n) is 13.7. The Morgan fingerprint density at radius 3 is 2.52 bits per heavy atom. The van der Waals surface area contributed by atoms with E-state index in [9.17, 15) is 9.18 Å². The number of imidazole rings is 1. The van der Waals surface area contributed by atoms with Gasteiger partial charge < -0.3 is 9.47 Å². The molecule has 0 aliphatic heterocycles. The number of esters is 1. The van der Waals surface area contributed by atoms with Gasteiger partial charge in [0.15, 0.2) is 5.69 Å². The van der Waals surface area contributed by atoms with Gasteiger partial charge in [-0.3, -0.25) is 4.57 Å². The molecule has 0 fully saturated rings. The van der Waals surface area contributed by atoms with Crippen LogP contribution in [0.2, 0.25) is 0 Å². The third kappa shape index (κ3) is 4.23. The molecule has 3 rings (SSSR count). The maximum absolute atomic E-state index is 13.0. The van der Waals surface area contributed by atoms with E-state index in [4.69, 9.17) is 9.47 Å². The van der Waals surface area contributed by atoms with E-state index in [2.05, 4.69) is 4.98 Å². The Kier molecular flexibility index (Phi) is 5.09. The van der Waals surface area contributed by atoms with Crippen molar-refractivity contribution in [3.05, 3.63) is 78.1 Å². The van der Waals surface area contributed by atoms with Crippen LogP contribution in [0.1, 0.15) is 16.1 Å². The molecule has 0 radical (unpaired) electrons. The number of halogens is 1. The SMILES string of the molecule is Cc1ccc(OCCOC(=O)c2cncn2-c2ccc(F)cc2)cc1. The lowest BCUT2D eigenvalue weighted by atomic mass is 10.2. The van der Waals surface area contributed by atoms with Crippen LogP contribution < -0.4 is 4.74 Å². The minimum absolute atomic E-state index is 0.112. The second kappa shape index (κ2) is 7.61. The molecule has 0 amide bonds.